The van der Waals surface area contributed by atoms with Gasteiger partial charge in [-0.15, -0.1) is 0 Å². The van der Waals surface area contributed by atoms with Crippen LogP contribution in [-0.2, 0) is 19.6 Å². The smallest absolute Gasteiger partial charge is 0.305 e. The van der Waals surface area contributed by atoms with Crippen molar-refractivity contribution in [1.29, 1.82) is 0 Å². The first-order chi connectivity index (χ1) is 9.00. The monoisotopic (exact) mass is 290 g/mol. The minimum absolute atomic E-state index is 0.00861. The van der Waals surface area contributed by atoms with Crippen LogP contribution in [0, 0.1) is 5.92 Å². The molecule has 0 radical (unpaired) electrons. The molecule has 3 aliphatic heterocycles. The molecule has 0 aliphatic carbocycles. The van der Waals surface area contributed by atoms with Crippen LogP contribution in [0.15, 0.2) is 0 Å². The third-order valence-corrected chi connectivity index (χ3v) is 5.50. The van der Waals surface area contributed by atoms with Crippen molar-refractivity contribution < 1.29 is 17.9 Å². The van der Waals surface area contributed by atoms with E-state index < -0.39 is 10.0 Å². The zero-order chi connectivity index (χ0) is 13.9. The first kappa shape index (κ1) is 14.7. The summed E-state index contributed by atoms with van der Waals surface area (Å²) in [6.07, 6.45) is 2.62. The van der Waals surface area contributed by atoms with Gasteiger partial charge in [0, 0.05) is 19.0 Å². The number of fused-ring (bicyclic) bond motifs is 3. The maximum Gasteiger partial charge on any atom is 0.305 e. The summed E-state index contributed by atoms with van der Waals surface area (Å²) in [5.41, 5.74) is 0. The molecule has 7 heteroatoms. The van der Waals surface area contributed by atoms with Gasteiger partial charge in [0.25, 0.3) is 0 Å². The number of nitrogens with zero attached hydrogens (tertiary/aromatic N) is 1. The van der Waals surface area contributed by atoms with Gasteiger partial charge in [-0.05, 0) is 38.3 Å². The molecular weight excluding hydrogens is 268 g/mol. The third kappa shape index (κ3) is 4.15. The van der Waals surface area contributed by atoms with E-state index in [1.54, 1.807) is 0 Å². The molecule has 3 heterocycles. The van der Waals surface area contributed by atoms with E-state index in [0.29, 0.717) is 12.3 Å². The standard InChI is InChI=1S/C12H22N2O4S/c1-18-12(15)3-2-8-19(16,17)13-11-9-14-6-4-10(11)5-7-14/h10-11,13H,2-9H2,1H3. The molecule has 0 aromatic rings. The lowest BCUT2D eigenvalue weighted by molar-refractivity contribution is -0.140. The third-order valence-electron chi connectivity index (χ3n) is 4.01. The first-order valence-corrected chi connectivity index (χ1v) is 8.44. The van der Waals surface area contributed by atoms with Crippen molar-refractivity contribution in [3.8, 4) is 0 Å². The van der Waals surface area contributed by atoms with Crippen molar-refractivity contribution in [3.63, 3.8) is 0 Å². The molecule has 3 aliphatic rings. The summed E-state index contributed by atoms with van der Waals surface area (Å²) in [7, 11) is -1.98. The summed E-state index contributed by atoms with van der Waals surface area (Å²) in [6.45, 7) is 3.00. The highest BCUT2D eigenvalue weighted by molar-refractivity contribution is 7.89. The molecule has 1 N–H and O–H groups in total. The Bertz CT molecular complexity index is 415. The molecule has 0 amide bonds. The van der Waals surface area contributed by atoms with Gasteiger partial charge in [0.05, 0.1) is 12.9 Å². The Morgan fingerprint density at radius 1 is 1.37 bits per heavy atom. The van der Waals surface area contributed by atoms with Crippen LogP contribution in [0.2, 0.25) is 0 Å². The summed E-state index contributed by atoms with van der Waals surface area (Å²) in [5, 5.41) is 0. The van der Waals surface area contributed by atoms with Gasteiger partial charge in [-0.2, -0.15) is 0 Å². The zero-order valence-corrected chi connectivity index (χ0v) is 12.1. The van der Waals surface area contributed by atoms with Crippen LogP contribution >= 0.6 is 0 Å². The molecule has 110 valence electrons. The number of rotatable bonds is 6. The van der Waals surface area contributed by atoms with E-state index >= 15 is 0 Å². The van der Waals surface area contributed by atoms with E-state index in [1.807, 2.05) is 0 Å². The maximum absolute atomic E-state index is 12.0. The highest BCUT2D eigenvalue weighted by Gasteiger charge is 2.35. The van der Waals surface area contributed by atoms with Gasteiger partial charge in [-0.3, -0.25) is 4.79 Å². The van der Waals surface area contributed by atoms with E-state index in [4.69, 9.17) is 0 Å². The SMILES string of the molecule is COC(=O)CCCS(=O)(=O)NC1CN2CCC1CC2. The summed E-state index contributed by atoms with van der Waals surface area (Å²) in [4.78, 5) is 13.3. The lowest BCUT2D eigenvalue weighted by Crippen LogP contribution is -2.57. The molecule has 19 heavy (non-hydrogen) atoms. The normalized spacial score (nSPS) is 30.3. The van der Waals surface area contributed by atoms with Gasteiger partial charge < -0.3 is 9.64 Å². The Hall–Kier alpha value is -0.660. The fourth-order valence-corrected chi connectivity index (χ4v) is 4.27. The van der Waals surface area contributed by atoms with Crippen LogP contribution in [-0.4, -0.2) is 57.8 Å². The summed E-state index contributed by atoms with van der Waals surface area (Å²) in [5.74, 6) is 0.101. The number of ether oxygens (including phenoxy) is 1. The molecule has 0 aromatic carbocycles. The molecular formula is C12H22N2O4S. The number of sulfonamides is 1. The van der Waals surface area contributed by atoms with Crippen molar-refractivity contribution >= 4 is 16.0 Å². The summed E-state index contributed by atoms with van der Waals surface area (Å²) in [6, 6.07) is 0.0469. The largest absolute Gasteiger partial charge is 0.469 e. The van der Waals surface area contributed by atoms with Crippen molar-refractivity contribution in [2.45, 2.75) is 31.7 Å². The van der Waals surface area contributed by atoms with Gasteiger partial charge in [-0.1, -0.05) is 0 Å². The Kier molecular flexibility index (Phi) is 4.81. The second-order valence-electron chi connectivity index (χ2n) is 5.36. The lowest BCUT2D eigenvalue weighted by atomic mass is 9.85. The van der Waals surface area contributed by atoms with Crippen LogP contribution in [0.1, 0.15) is 25.7 Å². The van der Waals surface area contributed by atoms with E-state index in [2.05, 4.69) is 14.4 Å². The quantitative estimate of drug-likeness (QED) is 0.694. The Labute approximate surface area is 114 Å². The maximum atomic E-state index is 12.0. The fraction of sp³-hybridized carbons (Fsp3) is 0.917. The number of methoxy groups -OCH3 is 1. The highest BCUT2D eigenvalue weighted by atomic mass is 32.2. The Morgan fingerprint density at radius 2 is 2.05 bits per heavy atom. The van der Waals surface area contributed by atoms with Gasteiger partial charge in [-0.25, -0.2) is 13.1 Å². The van der Waals surface area contributed by atoms with E-state index in [0.717, 1.165) is 32.5 Å². The number of piperidine rings is 3. The molecule has 3 rings (SSSR count). The fourth-order valence-electron chi connectivity index (χ4n) is 2.90. The predicted octanol–water partition coefficient (Wildman–Crippen LogP) is -0.0468. The second-order valence-corrected chi connectivity index (χ2v) is 7.23. The Balaban J connectivity index is 1.79. The number of carbonyl (C=O) groups is 1. The predicted molar refractivity (Wildman–Crippen MR) is 71.1 cm³/mol. The number of nitrogens with one attached hydrogen (secondary N) is 1. The number of carbonyl (C=O) groups excluding carboxylic acids is 1. The Morgan fingerprint density at radius 3 is 2.58 bits per heavy atom. The van der Waals surface area contributed by atoms with Crippen molar-refractivity contribution in [3.05, 3.63) is 0 Å². The van der Waals surface area contributed by atoms with E-state index in [9.17, 15) is 13.2 Å². The molecule has 3 saturated heterocycles. The molecule has 0 aromatic heterocycles. The number of esters is 1. The van der Waals surface area contributed by atoms with E-state index in [-0.39, 0.29) is 24.2 Å². The van der Waals surface area contributed by atoms with Crippen LogP contribution in [0.4, 0.5) is 0 Å². The molecule has 2 bridgehead atoms. The minimum atomic E-state index is -3.29. The molecule has 0 spiro atoms. The topological polar surface area (TPSA) is 75.7 Å². The van der Waals surface area contributed by atoms with Crippen molar-refractivity contribution in [1.82, 2.24) is 9.62 Å². The van der Waals surface area contributed by atoms with Crippen molar-refractivity contribution in [2.75, 3.05) is 32.5 Å². The highest BCUT2D eigenvalue weighted by Crippen LogP contribution is 2.27. The minimum Gasteiger partial charge on any atom is -0.469 e. The second kappa shape index (κ2) is 6.19. The van der Waals surface area contributed by atoms with Gasteiger partial charge in [0.1, 0.15) is 0 Å². The molecule has 6 nitrogen and oxygen atoms in total. The van der Waals surface area contributed by atoms with Crippen LogP contribution in [0.5, 0.6) is 0 Å². The average Bonchev–Trinajstić information content (AvgIpc) is 2.39. The van der Waals surface area contributed by atoms with Gasteiger partial charge in [0.15, 0.2) is 0 Å². The van der Waals surface area contributed by atoms with Gasteiger partial charge >= 0.3 is 5.97 Å². The molecule has 0 saturated carbocycles. The first-order valence-electron chi connectivity index (χ1n) is 6.79. The van der Waals surface area contributed by atoms with Crippen LogP contribution in [0.3, 0.4) is 0 Å². The van der Waals surface area contributed by atoms with E-state index in [1.165, 1.54) is 7.11 Å². The number of hydrogen-bond acceptors (Lipinski definition) is 5. The molecule has 1 unspecified atom stereocenters. The zero-order valence-electron chi connectivity index (χ0n) is 11.3. The molecule has 1 atom stereocenters. The summed E-state index contributed by atoms with van der Waals surface area (Å²) < 4.78 is 31.2. The average molecular weight is 290 g/mol. The van der Waals surface area contributed by atoms with Gasteiger partial charge in [0.2, 0.25) is 10.0 Å². The van der Waals surface area contributed by atoms with Crippen LogP contribution in [0.25, 0.3) is 0 Å². The molecule has 3 fully saturated rings. The van der Waals surface area contributed by atoms with Crippen LogP contribution < -0.4 is 4.72 Å². The summed E-state index contributed by atoms with van der Waals surface area (Å²) >= 11 is 0. The number of hydrogen-bond donors (Lipinski definition) is 1. The van der Waals surface area contributed by atoms with Crippen molar-refractivity contribution in [2.24, 2.45) is 5.92 Å². The lowest BCUT2D eigenvalue weighted by Gasteiger charge is -2.44.